The number of nitrogens with one attached hydrogen (secondary N) is 1. The van der Waals surface area contributed by atoms with Crippen molar-refractivity contribution in [3.63, 3.8) is 0 Å². The van der Waals surface area contributed by atoms with Crippen molar-refractivity contribution in [3.8, 4) is 5.75 Å². The molecule has 2 aromatic rings. The van der Waals surface area contributed by atoms with Gasteiger partial charge in [0.2, 0.25) is 0 Å². The van der Waals surface area contributed by atoms with Crippen LogP contribution in [0.3, 0.4) is 0 Å². The Bertz CT molecular complexity index is 945. The van der Waals surface area contributed by atoms with Crippen molar-refractivity contribution in [1.82, 2.24) is 9.97 Å². The number of fused-ring (bicyclic) bond motifs is 3. The van der Waals surface area contributed by atoms with Crippen LogP contribution in [-0.2, 0) is 9.84 Å². The molecule has 0 radical (unpaired) electrons. The normalized spacial score (nSPS) is 23.5. The molecule has 0 amide bonds. The smallest absolute Gasteiger partial charge is 0.531 e. The molecule has 1 aliphatic carbocycles. The Labute approximate surface area is 153 Å². The van der Waals surface area contributed by atoms with E-state index in [-0.39, 0.29) is 11.7 Å². The second-order valence-corrected chi connectivity index (χ2v) is 9.68. The van der Waals surface area contributed by atoms with E-state index in [0.717, 1.165) is 47.9 Å². The van der Waals surface area contributed by atoms with E-state index in [1.54, 1.807) is 19.1 Å². The number of aromatic amines is 1. The Kier molecular flexibility index (Phi) is 4.56. The molecule has 8 heteroatoms. The van der Waals surface area contributed by atoms with Crippen LogP contribution in [0.1, 0.15) is 38.2 Å². The van der Waals surface area contributed by atoms with Crippen molar-refractivity contribution >= 4 is 33.6 Å². The molecule has 6 nitrogen and oxygen atoms in total. The standard InChI is InChI=1S/C18H23BN2O4S/c1-2-26(23,24)11-12-3-5-13(6-4-12)15-9-19(22)25-16-10-21-18-14(17(15)16)7-8-20-18/h7-10,12-13,22H,2-6,11H2,1H3,(H,20,21). The van der Waals surface area contributed by atoms with Gasteiger partial charge in [0.25, 0.3) is 0 Å². The lowest BCUT2D eigenvalue weighted by Gasteiger charge is -2.32. The van der Waals surface area contributed by atoms with E-state index in [1.165, 1.54) is 0 Å². The van der Waals surface area contributed by atoms with Crippen molar-refractivity contribution < 1.29 is 18.1 Å². The summed E-state index contributed by atoms with van der Waals surface area (Å²) in [7, 11) is -3.89. The van der Waals surface area contributed by atoms with Crippen LogP contribution in [-0.4, -0.2) is 42.0 Å². The number of allylic oxidation sites excluding steroid dienone is 1. The largest absolute Gasteiger partial charge is 0.552 e. The topological polar surface area (TPSA) is 92.3 Å². The van der Waals surface area contributed by atoms with E-state index < -0.39 is 17.0 Å². The zero-order chi connectivity index (χ0) is 18.3. The molecule has 0 bridgehead atoms. The molecule has 0 saturated heterocycles. The highest BCUT2D eigenvalue weighted by Crippen LogP contribution is 2.44. The average Bonchev–Trinajstić information content (AvgIpc) is 3.10. The maximum atomic E-state index is 11.9. The van der Waals surface area contributed by atoms with Crippen LogP contribution in [0.5, 0.6) is 5.75 Å². The van der Waals surface area contributed by atoms with Gasteiger partial charge in [-0.2, -0.15) is 0 Å². The third-order valence-electron chi connectivity index (χ3n) is 5.63. The fourth-order valence-electron chi connectivity index (χ4n) is 4.24. The molecule has 2 N–H and O–H groups in total. The minimum atomic E-state index is -2.93. The maximum Gasteiger partial charge on any atom is 0.552 e. The highest BCUT2D eigenvalue weighted by atomic mass is 32.2. The van der Waals surface area contributed by atoms with Crippen LogP contribution in [0.4, 0.5) is 0 Å². The number of sulfone groups is 1. The first-order valence-electron chi connectivity index (χ1n) is 9.20. The Morgan fingerprint density at radius 1 is 1.35 bits per heavy atom. The Hall–Kier alpha value is -1.80. The zero-order valence-corrected chi connectivity index (χ0v) is 15.6. The number of hydrogen-bond donors (Lipinski definition) is 2. The van der Waals surface area contributed by atoms with Crippen LogP contribution in [0.2, 0.25) is 0 Å². The Morgan fingerprint density at radius 2 is 2.12 bits per heavy atom. The van der Waals surface area contributed by atoms with E-state index >= 15 is 0 Å². The van der Waals surface area contributed by atoms with E-state index in [1.807, 2.05) is 12.3 Å². The van der Waals surface area contributed by atoms with E-state index in [4.69, 9.17) is 4.65 Å². The SMILES string of the molecule is CCS(=O)(=O)CC1CCC(C2=CB(O)Oc3cnc4[nH]ccc4c32)CC1. The average molecular weight is 374 g/mol. The molecule has 2 aromatic heterocycles. The second kappa shape index (κ2) is 6.74. The monoisotopic (exact) mass is 374 g/mol. The van der Waals surface area contributed by atoms with E-state index in [9.17, 15) is 13.4 Å². The van der Waals surface area contributed by atoms with Crippen LogP contribution in [0.15, 0.2) is 24.4 Å². The van der Waals surface area contributed by atoms with Gasteiger partial charge in [-0.3, -0.25) is 0 Å². The molecule has 3 heterocycles. The summed E-state index contributed by atoms with van der Waals surface area (Å²) in [5.41, 5.74) is 2.91. The number of aromatic nitrogens is 2. The predicted molar refractivity (Wildman–Crippen MR) is 102 cm³/mol. The summed E-state index contributed by atoms with van der Waals surface area (Å²) in [6, 6.07) is 1.98. The molecule has 26 heavy (non-hydrogen) atoms. The van der Waals surface area contributed by atoms with Gasteiger partial charge in [-0.1, -0.05) is 6.92 Å². The molecule has 2 aliphatic rings. The summed E-state index contributed by atoms with van der Waals surface area (Å²) in [5, 5.41) is 11.1. The fraction of sp³-hybridized carbons (Fsp3) is 0.500. The number of H-pyrrole nitrogens is 1. The summed E-state index contributed by atoms with van der Waals surface area (Å²) in [5.74, 6) is 3.46. The van der Waals surface area contributed by atoms with Crippen molar-refractivity contribution in [2.24, 2.45) is 11.8 Å². The van der Waals surface area contributed by atoms with Crippen molar-refractivity contribution in [1.29, 1.82) is 0 Å². The number of hydrogen-bond acceptors (Lipinski definition) is 5. The van der Waals surface area contributed by atoms with Crippen molar-refractivity contribution in [2.45, 2.75) is 32.6 Å². The van der Waals surface area contributed by atoms with Crippen molar-refractivity contribution in [2.75, 3.05) is 11.5 Å². The Balaban J connectivity index is 1.58. The fourth-order valence-corrected chi connectivity index (χ4v) is 5.52. The lowest BCUT2D eigenvalue weighted by Crippen LogP contribution is -2.28. The summed E-state index contributed by atoms with van der Waals surface area (Å²) < 4.78 is 29.4. The number of pyridine rings is 1. The molecule has 1 saturated carbocycles. The van der Waals surface area contributed by atoms with Gasteiger partial charge in [-0.25, -0.2) is 13.4 Å². The third-order valence-corrected chi connectivity index (χ3v) is 7.49. The minimum Gasteiger partial charge on any atom is -0.531 e. The van der Waals surface area contributed by atoms with Gasteiger partial charge >= 0.3 is 7.12 Å². The maximum absolute atomic E-state index is 11.9. The van der Waals surface area contributed by atoms with Crippen molar-refractivity contribution in [3.05, 3.63) is 30.0 Å². The molecule has 1 aliphatic heterocycles. The van der Waals surface area contributed by atoms with Gasteiger partial charge in [-0.05, 0) is 55.1 Å². The number of rotatable bonds is 4. The first-order chi connectivity index (χ1) is 12.5. The van der Waals surface area contributed by atoms with E-state index in [0.29, 0.717) is 17.4 Å². The van der Waals surface area contributed by atoms with Gasteiger partial charge in [0.15, 0.2) is 0 Å². The number of nitrogens with zero attached hydrogens (tertiary/aromatic N) is 1. The quantitative estimate of drug-likeness (QED) is 0.803. The molecule has 0 aromatic carbocycles. The van der Waals surface area contributed by atoms with Gasteiger partial charge in [0.1, 0.15) is 21.2 Å². The van der Waals surface area contributed by atoms with E-state index in [2.05, 4.69) is 9.97 Å². The molecule has 1 fully saturated rings. The summed E-state index contributed by atoms with van der Waals surface area (Å²) in [6.45, 7) is 1.71. The molecule has 4 rings (SSSR count). The summed E-state index contributed by atoms with van der Waals surface area (Å²) >= 11 is 0. The van der Waals surface area contributed by atoms with Crippen LogP contribution < -0.4 is 4.65 Å². The molecule has 0 atom stereocenters. The molecular formula is C18H23BN2O4S. The first-order valence-corrected chi connectivity index (χ1v) is 11.0. The molecular weight excluding hydrogens is 351 g/mol. The minimum absolute atomic E-state index is 0.216. The Morgan fingerprint density at radius 3 is 2.85 bits per heavy atom. The lowest BCUT2D eigenvalue weighted by atomic mass is 9.71. The summed E-state index contributed by atoms with van der Waals surface area (Å²) in [4.78, 5) is 7.47. The third kappa shape index (κ3) is 3.28. The van der Waals surface area contributed by atoms with Gasteiger partial charge in [-0.15, -0.1) is 0 Å². The molecule has 0 unspecified atom stereocenters. The molecule has 0 spiro atoms. The first kappa shape index (κ1) is 17.6. The highest BCUT2D eigenvalue weighted by Gasteiger charge is 2.33. The van der Waals surface area contributed by atoms with Gasteiger partial charge < -0.3 is 14.7 Å². The summed E-state index contributed by atoms with van der Waals surface area (Å²) in [6.07, 6.45) is 7.16. The molecule has 138 valence electrons. The zero-order valence-electron chi connectivity index (χ0n) is 14.8. The lowest BCUT2D eigenvalue weighted by molar-refractivity contribution is 0.336. The highest BCUT2D eigenvalue weighted by molar-refractivity contribution is 7.91. The van der Waals surface area contributed by atoms with Crippen LogP contribution in [0, 0.1) is 11.8 Å². The van der Waals surface area contributed by atoms with Gasteiger partial charge in [0, 0.05) is 22.9 Å². The van der Waals surface area contributed by atoms with Crippen LogP contribution in [0.25, 0.3) is 16.6 Å². The second-order valence-electron chi connectivity index (χ2n) is 7.28. The van der Waals surface area contributed by atoms with Gasteiger partial charge in [0.05, 0.1) is 11.9 Å². The predicted octanol–water partition coefficient (Wildman–Crippen LogP) is 2.60. The van der Waals surface area contributed by atoms with Crippen LogP contribution >= 0.6 is 0 Å².